The molecule has 2 aliphatic rings. The SMILES string of the molecule is CCC1(C)NC(=O)CN(C2CCCC2)C1=O. The first-order chi connectivity index (χ1) is 7.57. The van der Waals surface area contributed by atoms with E-state index in [-0.39, 0.29) is 18.4 Å². The van der Waals surface area contributed by atoms with E-state index in [4.69, 9.17) is 0 Å². The van der Waals surface area contributed by atoms with Crippen molar-refractivity contribution in [3.63, 3.8) is 0 Å². The van der Waals surface area contributed by atoms with Crippen LogP contribution < -0.4 is 5.32 Å². The van der Waals surface area contributed by atoms with E-state index in [2.05, 4.69) is 5.32 Å². The molecular formula is C12H20N2O2. The van der Waals surface area contributed by atoms with Crippen LogP contribution in [0.1, 0.15) is 46.0 Å². The number of carbonyl (C=O) groups is 2. The number of hydrogen-bond acceptors (Lipinski definition) is 2. The first-order valence-electron chi connectivity index (χ1n) is 6.19. The number of amides is 2. The van der Waals surface area contributed by atoms with Crippen LogP contribution in [0.3, 0.4) is 0 Å². The van der Waals surface area contributed by atoms with Crippen molar-refractivity contribution >= 4 is 11.8 Å². The third-order valence-corrected chi connectivity index (χ3v) is 3.93. The van der Waals surface area contributed by atoms with Crippen LogP contribution in [0.4, 0.5) is 0 Å². The van der Waals surface area contributed by atoms with Gasteiger partial charge in [-0.3, -0.25) is 9.59 Å². The van der Waals surface area contributed by atoms with E-state index in [1.54, 1.807) is 4.90 Å². The fourth-order valence-corrected chi connectivity index (χ4v) is 2.69. The maximum absolute atomic E-state index is 12.3. The Morgan fingerprint density at radius 3 is 2.56 bits per heavy atom. The second kappa shape index (κ2) is 4.07. The molecule has 1 unspecified atom stereocenters. The van der Waals surface area contributed by atoms with Gasteiger partial charge in [-0.05, 0) is 26.2 Å². The summed E-state index contributed by atoms with van der Waals surface area (Å²) in [7, 11) is 0. The van der Waals surface area contributed by atoms with Gasteiger partial charge in [-0.25, -0.2) is 0 Å². The lowest BCUT2D eigenvalue weighted by molar-refractivity contribution is -0.151. The molecule has 1 heterocycles. The van der Waals surface area contributed by atoms with E-state index >= 15 is 0 Å². The first kappa shape index (κ1) is 11.4. The summed E-state index contributed by atoms with van der Waals surface area (Å²) < 4.78 is 0. The zero-order chi connectivity index (χ0) is 11.8. The van der Waals surface area contributed by atoms with Crippen LogP contribution in [0.2, 0.25) is 0 Å². The lowest BCUT2D eigenvalue weighted by Crippen LogP contribution is -2.66. The van der Waals surface area contributed by atoms with E-state index in [0.29, 0.717) is 12.5 Å². The Hall–Kier alpha value is -1.06. The van der Waals surface area contributed by atoms with Crippen molar-refractivity contribution in [3.05, 3.63) is 0 Å². The second-order valence-electron chi connectivity index (χ2n) is 5.11. The van der Waals surface area contributed by atoms with Crippen molar-refractivity contribution in [1.82, 2.24) is 10.2 Å². The molecule has 2 fully saturated rings. The van der Waals surface area contributed by atoms with Gasteiger partial charge in [-0.1, -0.05) is 19.8 Å². The van der Waals surface area contributed by atoms with Gasteiger partial charge in [0.2, 0.25) is 11.8 Å². The highest BCUT2D eigenvalue weighted by molar-refractivity contribution is 5.97. The third kappa shape index (κ3) is 1.81. The van der Waals surface area contributed by atoms with Gasteiger partial charge in [0.05, 0.1) is 6.54 Å². The Labute approximate surface area is 96.4 Å². The van der Waals surface area contributed by atoms with Crippen LogP contribution in [0.25, 0.3) is 0 Å². The Morgan fingerprint density at radius 1 is 1.38 bits per heavy atom. The summed E-state index contributed by atoms with van der Waals surface area (Å²) >= 11 is 0. The average molecular weight is 224 g/mol. The van der Waals surface area contributed by atoms with Crippen LogP contribution >= 0.6 is 0 Å². The minimum Gasteiger partial charge on any atom is -0.340 e. The number of rotatable bonds is 2. The maximum Gasteiger partial charge on any atom is 0.248 e. The molecule has 4 heteroatoms. The standard InChI is InChI=1S/C12H20N2O2/c1-3-12(2)11(16)14(8-10(15)13-12)9-6-4-5-7-9/h9H,3-8H2,1-2H3,(H,13,15). The molecule has 1 atom stereocenters. The summed E-state index contributed by atoms with van der Waals surface area (Å²) in [6.45, 7) is 4.02. The molecule has 90 valence electrons. The average Bonchev–Trinajstić information content (AvgIpc) is 2.76. The minimum atomic E-state index is -0.683. The van der Waals surface area contributed by atoms with Gasteiger partial charge < -0.3 is 10.2 Å². The van der Waals surface area contributed by atoms with Gasteiger partial charge in [0.25, 0.3) is 0 Å². The molecule has 1 saturated carbocycles. The molecule has 0 radical (unpaired) electrons. The van der Waals surface area contributed by atoms with Gasteiger partial charge in [-0.15, -0.1) is 0 Å². The lowest BCUT2D eigenvalue weighted by Gasteiger charge is -2.42. The van der Waals surface area contributed by atoms with Gasteiger partial charge in [0, 0.05) is 6.04 Å². The van der Waals surface area contributed by atoms with Crippen LogP contribution in [0.15, 0.2) is 0 Å². The van der Waals surface area contributed by atoms with E-state index < -0.39 is 5.54 Å². The zero-order valence-electron chi connectivity index (χ0n) is 10.1. The van der Waals surface area contributed by atoms with Gasteiger partial charge >= 0.3 is 0 Å². The summed E-state index contributed by atoms with van der Waals surface area (Å²) in [6, 6.07) is 0.296. The van der Waals surface area contributed by atoms with Crippen molar-refractivity contribution in [3.8, 4) is 0 Å². The Kier molecular flexibility index (Phi) is 2.91. The Morgan fingerprint density at radius 2 is 2.00 bits per heavy atom. The predicted octanol–water partition coefficient (Wildman–Crippen LogP) is 1.06. The van der Waals surface area contributed by atoms with Crippen molar-refractivity contribution in [1.29, 1.82) is 0 Å². The summed E-state index contributed by atoms with van der Waals surface area (Å²) in [5.41, 5.74) is -0.683. The first-order valence-corrected chi connectivity index (χ1v) is 6.19. The molecule has 1 aliphatic carbocycles. The molecule has 1 aliphatic heterocycles. The normalized spacial score (nSPS) is 32.0. The molecule has 1 N–H and O–H groups in total. The molecule has 1 saturated heterocycles. The molecule has 0 spiro atoms. The number of piperazine rings is 1. The molecule has 0 aromatic carbocycles. The fraction of sp³-hybridized carbons (Fsp3) is 0.833. The summed E-state index contributed by atoms with van der Waals surface area (Å²) in [6.07, 6.45) is 5.12. The molecule has 16 heavy (non-hydrogen) atoms. The molecule has 4 nitrogen and oxygen atoms in total. The smallest absolute Gasteiger partial charge is 0.248 e. The van der Waals surface area contributed by atoms with Crippen LogP contribution in [-0.4, -0.2) is 34.8 Å². The zero-order valence-corrected chi connectivity index (χ0v) is 10.1. The molecular weight excluding hydrogens is 204 g/mol. The minimum absolute atomic E-state index is 0.0177. The van der Waals surface area contributed by atoms with Crippen molar-refractivity contribution in [2.75, 3.05) is 6.54 Å². The fourth-order valence-electron chi connectivity index (χ4n) is 2.69. The number of hydrogen-bond donors (Lipinski definition) is 1. The number of nitrogens with one attached hydrogen (secondary N) is 1. The van der Waals surface area contributed by atoms with E-state index in [1.807, 2.05) is 13.8 Å². The monoisotopic (exact) mass is 224 g/mol. The molecule has 0 aromatic rings. The van der Waals surface area contributed by atoms with Crippen LogP contribution in [0, 0.1) is 0 Å². The molecule has 2 rings (SSSR count). The van der Waals surface area contributed by atoms with Crippen LogP contribution in [0.5, 0.6) is 0 Å². The molecule has 0 aromatic heterocycles. The Balaban J connectivity index is 2.18. The largest absolute Gasteiger partial charge is 0.340 e. The third-order valence-electron chi connectivity index (χ3n) is 3.93. The van der Waals surface area contributed by atoms with Gasteiger partial charge in [0.15, 0.2) is 0 Å². The van der Waals surface area contributed by atoms with Gasteiger partial charge in [-0.2, -0.15) is 0 Å². The van der Waals surface area contributed by atoms with Gasteiger partial charge in [0.1, 0.15) is 5.54 Å². The number of carbonyl (C=O) groups excluding carboxylic acids is 2. The maximum atomic E-state index is 12.3. The van der Waals surface area contributed by atoms with E-state index in [1.165, 1.54) is 12.8 Å². The van der Waals surface area contributed by atoms with Crippen molar-refractivity contribution in [2.24, 2.45) is 0 Å². The van der Waals surface area contributed by atoms with Crippen LogP contribution in [-0.2, 0) is 9.59 Å². The molecule has 2 amide bonds. The highest BCUT2D eigenvalue weighted by atomic mass is 16.2. The van der Waals surface area contributed by atoms with Crippen molar-refractivity contribution in [2.45, 2.75) is 57.5 Å². The highest BCUT2D eigenvalue weighted by Gasteiger charge is 2.44. The van der Waals surface area contributed by atoms with Crippen molar-refractivity contribution < 1.29 is 9.59 Å². The number of nitrogens with zero attached hydrogens (tertiary/aromatic N) is 1. The quantitative estimate of drug-likeness (QED) is 0.762. The summed E-state index contributed by atoms with van der Waals surface area (Å²) in [5.74, 6) is 0.0809. The topological polar surface area (TPSA) is 49.4 Å². The Bertz CT molecular complexity index is 310. The predicted molar refractivity (Wildman–Crippen MR) is 60.8 cm³/mol. The van der Waals surface area contributed by atoms with E-state index in [0.717, 1.165) is 12.8 Å². The highest BCUT2D eigenvalue weighted by Crippen LogP contribution is 2.28. The van der Waals surface area contributed by atoms with E-state index in [9.17, 15) is 9.59 Å². The second-order valence-corrected chi connectivity index (χ2v) is 5.11. The summed E-state index contributed by atoms with van der Waals surface area (Å²) in [4.78, 5) is 25.8. The summed E-state index contributed by atoms with van der Waals surface area (Å²) in [5, 5.41) is 2.82. The lowest BCUT2D eigenvalue weighted by atomic mass is 9.93. The molecule has 0 bridgehead atoms.